The van der Waals surface area contributed by atoms with Gasteiger partial charge in [-0.15, -0.1) is 5.10 Å². The van der Waals surface area contributed by atoms with Gasteiger partial charge in [-0.3, -0.25) is 4.79 Å². The minimum Gasteiger partial charge on any atom is -0.444 e. The van der Waals surface area contributed by atoms with E-state index in [-0.39, 0.29) is 12.0 Å². The Balaban J connectivity index is 1.33. The number of aromatic nitrogens is 4. The third-order valence-electron chi connectivity index (χ3n) is 6.44. The Bertz CT molecular complexity index is 1510. The summed E-state index contributed by atoms with van der Waals surface area (Å²) in [7, 11) is 0. The van der Waals surface area contributed by atoms with Gasteiger partial charge in [0.1, 0.15) is 17.0 Å². The predicted molar refractivity (Wildman–Crippen MR) is 148 cm³/mol. The SMILES string of the molecule is Cc1ccc(-c2cn(-c3cc(-c4ccc(C5=CCN(C(=O)OC(C)(C)C)CC5)cc4)[nH]c3OC=O)nn2)cc1. The molecular formula is C30H31N5O4. The van der Waals surface area contributed by atoms with E-state index in [1.54, 1.807) is 15.8 Å². The number of carbonyl (C=O) groups excluding carboxylic acids is 2. The van der Waals surface area contributed by atoms with E-state index in [0.717, 1.165) is 34.4 Å². The average molecular weight is 526 g/mol. The van der Waals surface area contributed by atoms with E-state index in [1.807, 2.05) is 70.2 Å². The van der Waals surface area contributed by atoms with Gasteiger partial charge in [-0.2, -0.15) is 0 Å². The zero-order valence-electron chi connectivity index (χ0n) is 22.5. The molecule has 0 aliphatic carbocycles. The van der Waals surface area contributed by atoms with Crippen molar-refractivity contribution < 1.29 is 19.1 Å². The summed E-state index contributed by atoms with van der Waals surface area (Å²) < 4.78 is 12.3. The second-order valence-electron chi connectivity index (χ2n) is 10.5. The molecule has 0 bridgehead atoms. The van der Waals surface area contributed by atoms with Crippen LogP contribution in [0.1, 0.15) is 38.3 Å². The van der Waals surface area contributed by atoms with E-state index in [0.29, 0.717) is 30.9 Å². The van der Waals surface area contributed by atoms with Crippen molar-refractivity contribution in [3.05, 3.63) is 78.0 Å². The third-order valence-corrected chi connectivity index (χ3v) is 6.44. The number of H-pyrrole nitrogens is 1. The number of nitrogens with zero attached hydrogens (tertiary/aromatic N) is 4. The maximum absolute atomic E-state index is 12.4. The molecule has 0 spiro atoms. The van der Waals surface area contributed by atoms with Crippen LogP contribution in [-0.4, -0.2) is 56.1 Å². The number of hydrogen-bond acceptors (Lipinski definition) is 6. The molecule has 4 aromatic rings. The number of ether oxygens (including phenoxy) is 2. The van der Waals surface area contributed by atoms with Crippen LogP contribution in [0.5, 0.6) is 5.88 Å². The van der Waals surface area contributed by atoms with Gasteiger partial charge < -0.3 is 19.4 Å². The van der Waals surface area contributed by atoms with Crippen molar-refractivity contribution >= 4 is 18.1 Å². The van der Waals surface area contributed by atoms with Gasteiger partial charge in [0.15, 0.2) is 0 Å². The van der Waals surface area contributed by atoms with Crippen LogP contribution in [0.4, 0.5) is 4.79 Å². The number of nitrogens with one attached hydrogen (secondary N) is 1. The molecule has 0 radical (unpaired) electrons. The summed E-state index contributed by atoms with van der Waals surface area (Å²) in [6, 6.07) is 18.0. The molecule has 1 amide bonds. The van der Waals surface area contributed by atoms with E-state index in [2.05, 4.69) is 33.5 Å². The topological polar surface area (TPSA) is 102 Å². The Hall–Kier alpha value is -4.66. The van der Waals surface area contributed by atoms with E-state index >= 15 is 0 Å². The van der Waals surface area contributed by atoms with Crippen LogP contribution >= 0.6 is 0 Å². The highest BCUT2D eigenvalue weighted by atomic mass is 16.6. The van der Waals surface area contributed by atoms with Crippen LogP contribution in [0.15, 0.2) is 66.9 Å². The summed E-state index contributed by atoms with van der Waals surface area (Å²) in [5, 5.41) is 8.54. The zero-order chi connectivity index (χ0) is 27.6. The second kappa shape index (κ2) is 10.6. The zero-order valence-corrected chi connectivity index (χ0v) is 22.5. The fraction of sp³-hybridized carbons (Fsp3) is 0.267. The van der Waals surface area contributed by atoms with Crippen LogP contribution in [0.2, 0.25) is 0 Å². The second-order valence-corrected chi connectivity index (χ2v) is 10.5. The summed E-state index contributed by atoms with van der Waals surface area (Å²) in [6.45, 7) is 9.15. The van der Waals surface area contributed by atoms with Crippen LogP contribution in [0.25, 0.3) is 33.8 Å². The van der Waals surface area contributed by atoms with Gasteiger partial charge in [0, 0.05) is 18.7 Å². The van der Waals surface area contributed by atoms with Gasteiger partial charge in [-0.25, -0.2) is 9.48 Å². The largest absolute Gasteiger partial charge is 0.444 e. The van der Waals surface area contributed by atoms with Crippen molar-refractivity contribution in [2.24, 2.45) is 0 Å². The van der Waals surface area contributed by atoms with Crippen molar-refractivity contribution in [1.82, 2.24) is 24.9 Å². The van der Waals surface area contributed by atoms with Gasteiger partial charge >= 0.3 is 6.09 Å². The minimum absolute atomic E-state index is 0.279. The lowest BCUT2D eigenvalue weighted by Gasteiger charge is -2.29. The quantitative estimate of drug-likeness (QED) is 0.319. The molecule has 0 saturated carbocycles. The molecule has 0 fully saturated rings. The third kappa shape index (κ3) is 5.93. The molecule has 0 atom stereocenters. The van der Waals surface area contributed by atoms with E-state index in [4.69, 9.17) is 9.47 Å². The molecule has 1 aliphatic rings. The van der Waals surface area contributed by atoms with Gasteiger partial charge in [-0.1, -0.05) is 65.4 Å². The van der Waals surface area contributed by atoms with E-state index in [1.165, 1.54) is 5.57 Å². The van der Waals surface area contributed by atoms with Crippen molar-refractivity contribution in [3.8, 4) is 34.1 Å². The summed E-state index contributed by atoms with van der Waals surface area (Å²) in [5.74, 6) is 0.279. The molecule has 1 N–H and O–H groups in total. The molecule has 9 nitrogen and oxygen atoms in total. The van der Waals surface area contributed by atoms with Crippen molar-refractivity contribution in [1.29, 1.82) is 0 Å². The standard InChI is InChI=1S/C30H31N5O4/c1-20-5-7-24(8-6-20)26-18-35(33-32-26)27-17-25(31-28(27)38-19-36)23-11-9-21(10-12-23)22-13-15-34(16-14-22)29(37)39-30(2,3)4/h5-13,17-19,31H,14-16H2,1-4H3. The normalized spacial score (nSPS) is 13.6. The van der Waals surface area contributed by atoms with E-state index in [9.17, 15) is 9.59 Å². The van der Waals surface area contributed by atoms with Gasteiger partial charge in [0.05, 0.1) is 11.9 Å². The number of amides is 1. The first-order valence-electron chi connectivity index (χ1n) is 12.8. The number of benzene rings is 2. The van der Waals surface area contributed by atoms with E-state index < -0.39 is 5.60 Å². The average Bonchev–Trinajstić information content (AvgIpc) is 3.56. The molecule has 3 heterocycles. The highest BCUT2D eigenvalue weighted by molar-refractivity contribution is 5.75. The monoisotopic (exact) mass is 525 g/mol. The predicted octanol–water partition coefficient (Wildman–Crippen LogP) is 5.80. The first kappa shape index (κ1) is 26.0. The van der Waals surface area contributed by atoms with Crippen molar-refractivity contribution in [2.75, 3.05) is 13.1 Å². The highest BCUT2D eigenvalue weighted by Crippen LogP contribution is 2.32. The number of carbonyl (C=O) groups is 2. The Morgan fingerprint density at radius 3 is 2.36 bits per heavy atom. The fourth-order valence-electron chi connectivity index (χ4n) is 4.41. The minimum atomic E-state index is -0.511. The molecule has 9 heteroatoms. The molecule has 0 unspecified atom stereocenters. The lowest BCUT2D eigenvalue weighted by atomic mass is 9.98. The molecular weight excluding hydrogens is 494 g/mol. The van der Waals surface area contributed by atoms with Crippen molar-refractivity contribution in [3.63, 3.8) is 0 Å². The molecule has 0 saturated heterocycles. The first-order valence-corrected chi connectivity index (χ1v) is 12.8. The molecule has 200 valence electrons. The Morgan fingerprint density at radius 1 is 1.03 bits per heavy atom. The van der Waals surface area contributed by atoms with Crippen molar-refractivity contribution in [2.45, 2.75) is 39.7 Å². The van der Waals surface area contributed by atoms with Crippen LogP contribution in [-0.2, 0) is 9.53 Å². The molecule has 2 aromatic carbocycles. The summed E-state index contributed by atoms with van der Waals surface area (Å²) in [6.07, 6.45) is 4.33. The smallest absolute Gasteiger partial charge is 0.410 e. The number of hydrogen-bond donors (Lipinski definition) is 1. The van der Waals surface area contributed by atoms with Gasteiger partial charge in [0.2, 0.25) is 5.88 Å². The summed E-state index contributed by atoms with van der Waals surface area (Å²) in [5.41, 5.74) is 6.86. The molecule has 5 rings (SSSR count). The van der Waals surface area contributed by atoms with Crippen LogP contribution in [0, 0.1) is 6.92 Å². The Kier molecular flexibility index (Phi) is 7.06. The van der Waals surface area contributed by atoms with Crippen LogP contribution < -0.4 is 4.74 Å². The Morgan fingerprint density at radius 2 is 1.72 bits per heavy atom. The first-order chi connectivity index (χ1) is 18.7. The van der Waals surface area contributed by atoms with Gasteiger partial charge in [-0.05, 0) is 56.9 Å². The molecule has 2 aromatic heterocycles. The lowest BCUT2D eigenvalue weighted by molar-refractivity contribution is -0.120. The maximum Gasteiger partial charge on any atom is 0.410 e. The number of aryl methyl sites for hydroxylation is 1. The van der Waals surface area contributed by atoms with Gasteiger partial charge in [0.25, 0.3) is 6.47 Å². The molecule has 39 heavy (non-hydrogen) atoms. The fourth-order valence-corrected chi connectivity index (χ4v) is 4.41. The maximum atomic E-state index is 12.4. The highest BCUT2D eigenvalue weighted by Gasteiger charge is 2.24. The summed E-state index contributed by atoms with van der Waals surface area (Å²) in [4.78, 5) is 28.4. The Labute approximate surface area is 227 Å². The number of rotatable bonds is 6. The molecule has 1 aliphatic heterocycles. The van der Waals surface area contributed by atoms with Crippen LogP contribution in [0.3, 0.4) is 0 Å². The lowest BCUT2D eigenvalue weighted by Crippen LogP contribution is -2.39. The number of aromatic amines is 1. The summed E-state index contributed by atoms with van der Waals surface area (Å²) >= 11 is 0.